The summed E-state index contributed by atoms with van der Waals surface area (Å²) < 4.78 is 36.5. The lowest BCUT2D eigenvalue weighted by Gasteiger charge is -2.24. The molecule has 0 saturated heterocycles. The van der Waals surface area contributed by atoms with Crippen LogP contribution in [-0.2, 0) is 35.6 Å². The molecular weight excluding hydrogens is 645 g/mol. The molecule has 1 heterocycles. The van der Waals surface area contributed by atoms with Crippen molar-refractivity contribution in [2.24, 2.45) is 10.9 Å². The second-order valence-electron chi connectivity index (χ2n) is 11.6. The van der Waals surface area contributed by atoms with Crippen molar-refractivity contribution in [3.63, 3.8) is 0 Å². The van der Waals surface area contributed by atoms with Gasteiger partial charge < -0.3 is 25.5 Å². The molecule has 1 atom stereocenters. The van der Waals surface area contributed by atoms with E-state index in [0.717, 1.165) is 15.1 Å². The molecule has 248 valence electrons. The molecule has 4 aromatic rings. The van der Waals surface area contributed by atoms with Crippen molar-refractivity contribution in [3.8, 4) is 0 Å². The van der Waals surface area contributed by atoms with E-state index in [0.29, 0.717) is 16.1 Å². The number of anilines is 1. The molecule has 15 heteroatoms. The molecule has 47 heavy (non-hydrogen) atoms. The predicted molar refractivity (Wildman–Crippen MR) is 179 cm³/mol. The van der Waals surface area contributed by atoms with Gasteiger partial charge in [-0.05, 0) is 69.2 Å². The molecule has 0 bridgehead atoms. The van der Waals surface area contributed by atoms with Crippen molar-refractivity contribution in [2.75, 3.05) is 18.9 Å². The topological polar surface area (TPSA) is 182 Å². The predicted octanol–water partition coefficient (Wildman–Crippen LogP) is 4.55. The first-order chi connectivity index (χ1) is 22.1. The van der Waals surface area contributed by atoms with Crippen LogP contribution in [0.5, 0.6) is 0 Å². The number of likely N-dealkylation sites (N-methyl/N-ethyl adjacent to an activating group) is 1. The van der Waals surface area contributed by atoms with Gasteiger partial charge in [-0.2, -0.15) is 0 Å². The Balaban J connectivity index is 1.57. The highest BCUT2D eigenvalue weighted by Crippen LogP contribution is 2.30. The van der Waals surface area contributed by atoms with Gasteiger partial charge in [0.1, 0.15) is 17.2 Å². The SMILES string of the molecule is CC(=O)O/N=C(/N)c1cccc(CC(NS(=O)(=O)c2cccc(NC(=O)CN(C)C(=O)OC(C)(C)C)c2)c2nc3ccccc3s2)c1. The summed E-state index contributed by atoms with van der Waals surface area (Å²) in [6.45, 7) is 6.05. The monoisotopic (exact) mass is 680 g/mol. The van der Waals surface area contributed by atoms with Crippen LogP contribution in [0.4, 0.5) is 10.5 Å². The standard InChI is InChI=1S/C32H36N6O7S2/c1-20(39)45-36-29(33)22-11-8-10-21(16-22)17-26(30-35-25-14-6-7-15-27(25)46-30)37-47(42,43)24-13-9-12-23(18-24)34-28(40)19-38(5)31(41)44-32(2,3)4/h6-16,18,26,37H,17,19H2,1-5H3,(H2,33,36)(H,34,40). The van der Waals surface area contributed by atoms with E-state index in [1.807, 2.05) is 30.3 Å². The van der Waals surface area contributed by atoms with Crippen LogP contribution in [0.15, 0.2) is 82.8 Å². The van der Waals surface area contributed by atoms with Crippen molar-refractivity contribution in [1.29, 1.82) is 0 Å². The molecule has 0 aliphatic carbocycles. The highest BCUT2D eigenvalue weighted by Gasteiger charge is 2.26. The lowest BCUT2D eigenvalue weighted by atomic mass is 10.0. The minimum atomic E-state index is -4.15. The number of hydrogen-bond donors (Lipinski definition) is 3. The Labute approximate surface area is 276 Å². The first-order valence-electron chi connectivity index (χ1n) is 14.4. The highest BCUT2D eigenvalue weighted by molar-refractivity contribution is 7.89. The van der Waals surface area contributed by atoms with Gasteiger partial charge in [-0.25, -0.2) is 27.7 Å². The average Bonchev–Trinajstić information content (AvgIpc) is 3.43. The molecule has 0 spiro atoms. The van der Waals surface area contributed by atoms with Gasteiger partial charge in [0.25, 0.3) is 0 Å². The van der Waals surface area contributed by atoms with E-state index in [1.165, 1.54) is 43.5 Å². The number of fused-ring (bicyclic) bond motifs is 1. The van der Waals surface area contributed by atoms with Gasteiger partial charge in [0.15, 0.2) is 5.84 Å². The van der Waals surface area contributed by atoms with Crippen LogP contribution in [0.3, 0.4) is 0 Å². The Morgan fingerprint density at radius 3 is 2.47 bits per heavy atom. The van der Waals surface area contributed by atoms with Crippen LogP contribution in [-0.4, -0.2) is 61.3 Å². The van der Waals surface area contributed by atoms with Crippen molar-refractivity contribution in [2.45, 2.75) is 50.7 Å². The van der Waals surface area contributed by atoms with Gasteiger partial charge in [-0.15, -0.1) is 11.3 Å². The van der Waals surface area contributed by atoms with E-state index < -0.39 is 39.6 Å². The number of oxime groups is 1. The van der Waals surface area contributed by atoms with Crippen LogP contribution in [0.2, 0.25) is 0 Å². The van der Waals surface area contributed by atoms with Gasteiger partial charge in [0.2, 0.25) is 15.9 Å². The number of carbonyl (C=O) groups is 3. The zero-order valence-corrected chi connectivity index (χ0v) is 28.1. The normalized spacial score (nSPS) is 12.7. The number of benzene rings is 3. The zero-order valence-electron chi connectivity index (χ0n) is 26.5. The number of nitrogens with one attached hydrogen (secondary N) is 2. The fraction of sp³-hybridized carbons (Fsp3) is 0.281. The smallest absolute Gasteiger partial charge is 0.410 e. The molecule has 0 aliphatic heterocycles. The Morgan fingerprint density at radius 1 is 1.04 bits per heavy atom. The third-order valence-electron chi connectivity index (χ3n) is 6.36. The molecule has 4 N–H and O–H groups in total. The van der Waals surface area contributed by atoms with Gasteiger partial charge in [0, 0.05) is 25.2 Å². The fourth-order valence-corrected chi connectivity index (χ4v) is 6.63. The summed E-state index contributed by atoms with van der Waals surface area (Å²) in [5, 5.41) is 6.81. The van der Waals surface area contributed by atoms with Crippen molar-refractivity contribution in [3.05, 3.63) is 88.9 Å². The van der Waals surface area contributed by atoms with Crippen LogP contribution in [0.25, 0.3) is 10.2 Å². The van der Waals surface area contributed by atoms with Gasteiger partial charge in [0.05, 0.1) is 21.2 Å². The van der Waals surface area contributed by atoms with Crippen molar-refractivity contribution >= 4 is 61.1 Å². The molecule has 1 unspecified atom stereocenters. The Hall–Kier alpha value is -4.86. The maximum atomic E-state index is 13.8. The number of nitrogens with zero attached hydrogens (tertiary/aromatic N) is 3. The third kappa shape index (κ3) is 10.1. The van der Waals surface area contributed by atoms with E-state index in [9.17, 15) is 22.8 Å². The number of rotatable bonds is 11. The fourth-order valence-electron chi connectivity index (χ4n) is 4.29. The molecule has 2 amide bonds. The number of ether oxygens (including phenoxy) is 1. The quantitative estimate of drug-likeness (QED) is 0.0886. The maximum Gasteiger partial charge on any atom is 0.410 e. The molecule has 0 aliphatic rings. The summed E-state index contributed by atoms with van der Waals surface area (Å²) in [7, 11) is -2.72. The van der Waals surface area contributed by atoms with Crippen molar-refractivity contribution < 1.29 is 32.4 Å². The number of amides is 2. The molecule has 13 nitrogen and oxygen atoms in total. The summed E-state index contributed by atoms with van der Waals surface area (Å²) in [4.78, 5) is 46.5. The largest absolute Gasteiger partial charge is 0.444 e. The van der Waals surface area contributed by atoms with Crippen LogP contribution in [0, 0.1) is 0 Å². The Kier molecular flexibility index (Phi) is 11.0. The lowest BCUT2D eigenvalue weighted by molar-refractivity contribution is -0.140. The van der Waals surface area contributed by atoms with Crippen LogP contribution in [0.1, 0.15) is 49.9 Å². The number of para-hydroxylation sites is 1. The molecule has 0 saturated carbocycles. The second kappa shape index (κ2) is 14.7. The first kappa shape index (κ1) is 35.0. The van der Waals surface area contributed by atoms with E-state index >= 15 is 0 Å². The summed E-state index contributed by atoms with van der Waals surface area (Å²) >= 11 is 1.36. The van der Waals surface area contributed by atoms with Crippen LogP contribution >= 0.6 is 11.3 Å². The number of nitrogens with two attached hydrogens (primary N) is 1. The summed E-state index contributed by atoms with van der Waals surface area (Å²) in [6, 6.07) is 19.4. The average molecular weight is 681 g/mol. The number of hydrogen-bond acceptors (Lipinski definition) is 10. The zero-order chi connectivity index (χ0) is 34.4. The maximum absolute atomic E-state index is 13.8. The molecule has 0 fully saturated rings. The molecule has 4 rings (SSSR count). The van der Waals surface area contributed by atoms with E-state index in [2.05, 4.69) is 20.0 Å². The minimum Gasteiger partial charge on any atom is -0.444 e. The Bertz CT molecular complexity index is 1880. The van der Waals surface area contributed by atoms with Crippen LogP contribution < -0.4 is 15.8 Å². The van der Waals surface area contributed by atoms with Crippen molar-refractivity contribution in [1.82, 2.24) is 14.6 Å². The first-order valence-corrected chi connectivity index (χ1v) is 16.7. The number of sulfonamides is 1. The molecule has 0 radical (unpaired) electrons. The third-order valence-corrected chi connectivity index (χ3v) is 8.97. The number of thiazole rings is 1. The van der Waals surface area contributed by atoms with Gasteiger partial charge in [-0.1, -0.05) is 41.6 Å². The number of carbonyl (C=O) groups excluding carboxylic acids is 3. The van der Waals surface area contributed by atoms with Gasteiger partial charge in [-0.3, -0.25) is 4.79 Å². The second-order valence-corrected chi connectivity index (χ2v) is 14.3. The summed E-state index contributed by atoms with van der Waals surface area (Å²) in [5.41, 5.74) is 7.41. The number of aromatic nitrogens is 1. The number of amidine groups is 1. The van der Waals surface area contributed by atoms with E-state index in [1.54, 1.807) is 45.0 Å². The summed E-state index contributed by atoms with van der Waals surface area (Å²) in [5.74, 6) is -1.17. The summed E-state index contributed by atoms with van der Waals surface area (Å²) in [6.07, 6.45) is -0.472. The lowest BCUT2D eigenvalue weighted by Crippen LogP contribution is -2.38. The highest BCUT2D eigenvalue weighted by atomic mass is 32.2. The minimum absolute atomic E-state index is 0.0182. The molecular formula is C32H36N6O7S2. The van der Waals surface area contributed by atoms with Gasteiger partial charge >= 0.3 is 12.1 Å². The van der Waals surface area contributed by atoms with E-state index in [4.69, 9.17) is 15.5 Å². The Morgan fingerprint density at radius 2 is 1.77 bits per heavy atom. The van der Waals surface area contributed by atoms with E-state index in [-0.39, 0.29) is 29.4 Å². The molecule has 3 aromatic carbocycles. The molecule has 1 aromatic heterocycles.